The molecule has 70 valence electrons. The van der Waals surface area contributed by atoms with Gasteiger partial charge in [-0.25, -0.2) is 4.39 Å². The zero-order chi connectivity index (χ0) is 9.68. The van der Waals surface area contributed by atoms with Crippen molar-refractivity contribution in [3.05, 3.63) is 47.3 Å². The quantitative estimate of drug-likeness (QED) is 0.507. The third-order valence-electron chi connectivity index (χ3n) is 1.90. The molecule has 0 aliphatic rings. The van der Waals surface area contributed by atoms with Gasteiger partial charge in [-0.05, 0) is 31.4 Å². The zero-order valence-corrected chi connectivity index (χ0v) is 8.15. The Morgan fingerprint density at radius 1 is 1.46 bits per heavy atom. The minimum absolute atomic E-state index is 0.212. The molecule has 1 aromatic carbocycles. The summed E-state index contributed by atoms with van der Waals surface area (Å²) in [5.74, 6) is -0.212. The maximum Gasteiger partial charge on any atom is 0.127 e. The molecule has 0 nitrogen and oxygen atoms in total. The summed E-state index contributed by atoms with van der Waals surface area (Å²) >= 11 is 5.84. The van der Waals surface area contributed by atoms with Crippen LogP contribution < -0.4 is 0 Å². The van der Waals surface area contributed by atoms with E-state index in [-0.39, 0.29) is 5.82 Å². The van der Waals surface area contributed by atoms with E-state index in [0.29, 0.717) is 17.0 Å². The number of benzene rings is 1. The van der Waals surface area contributed by atoms with E-state index in [2.05, 4.69) is 6.58 Å². The first kappa shape index (κ1) is 10.3. The molecule has 0 amide bonds. The number of hydrogen-bond acceptors (Lipinski definition) is 0. The van der Waals surface area contributed by atoms with Gasteiger partial charge in [0.1, 0.15) is 5.82 Å². The van der Waals surface area contributed by atoms with Crippen LogP contribution >= 0.6 is 11.6 Å². The van der Waals surface area contributed by atoms with Crippen molar-refractivity contribution in [2.45, 2.75) is 19.3 Å². The van der Waals surface area contributed by atoms with Gasteiger partial charge >= 0.3 is 0 Å². The van der Waals surface area contributed by atoms with Crippen LogP contribution in [-0.4, -0.2) is 0 Å². The summed E-state index contributed by atoms with van der Waals surface area (Å²) in [5.41, 5.74) is 0.617. The first-order chi connectivity index (χ1) is 6.25. The van der Waals surface area contributed by atoms with Crippen LogP contribution in [0.5, 0.6) is 0 Å². The molecule has 2 heteroatoms. The molecular weight excluding hydrogens is 187 g/mol. The minimum Gasteiger partial charge on any atom is -0.207 e. The lowest BCUT2D eigenvalue weighted by molar-refractivity contribution is 0.605. The number of unbranched alkanes of at least 4 members (excludes halogenated alkanes) is 1. The van der Waals surface area contributed by atoms with E-state index in [1.165, 1.54) is 6.07 Å². The number of halogens is 2. The van der Waals surface area contributed by atoms with Gasteiger partial charge in [-0.1, -0.05) is 23.7 Å². The maximum atomic E-state index is 13.2. The Bertz CT molecular complexity index is 274. The van der Waals surface area contributed by atoms with Crippen molar-refractivity contribution in [2.24, 2.45) is 0 Å². The Balaban J connectivity index is 2.69. The van der Waals surface area contributed by atoms with Crippen LogP contribution in [-0.2, 0) is 6.42 Å². The van der Waals surface area contributed by atoms with Gasteiger partial charge in [0.15, 0.2) is 0 Å². The first-order valence-corrected chi connectivity index (χ1v) is 4.67. The molecule has 0 saturated heterocycles. The highest BCUT2D eigenvalue weighted by Crippen LogP contribution is 2.20. The maximum absolute atomic E-state index is 13.2. The highest BCUT2D eigenvalue weighted by molar-refractivity contribution is 6.31. The molecule has 13 heavy (non-hydrogen) atoms. The number of hydrogen-bond donors (Lipinski definition) is 0. The Morgan fingerprint density at radius 2 is 2.23 bits per heavy atom. The summed E-state index contributed by atoms with van der Waals surface area (Å²) in [6.45, 7) is 3.61. The van der Waals surface area contributed by atoms with Crippen LogP contribution in [0.1, 0.15) is 18.4 Å². The second-order valence-electron chi connectivity index (χ2n) is 2.88. The van der Waals surface area contributed by atoms with Crippen LogP contribution in [0.2, 0.25) is 5.02 Å². The van der Waals surface area contributed by atoms with Crippen molar-refractivity contribution in [1.29, 1.82) is 0 Å². The Morgan fingerprint density at radius 3 is 2.85 bits per heavy atom. The molecule has 0 saturated carbocycles. The molecule has 1 rings (SSSR count). The molecular formula is C11H12ClF. The van der Waals surface area contributed by atoms with Crippen LogP contribution in [0.25, 0.3) is 0 Å². The average Bonchev–Trinajstić information content (AvgIpc) is 2.10. The van der Waals surface area contributed by atoms with Crippen LogP contribution in [0.15, 0.2) is 30.9 Å². The Kier molecular flexibility index (Phi) is 3.97. The monoisotopic (exact) mass is 198 g/mol. The van der Waals surface area contributed by atoms with E-state index in [4.69, 9.17) is 11.6 Å². The largest absolute Gasteiger partial charge is 0.207 e. The number of allylic oxidation sites excluding steroid dienone is 1. The molecule has 0 radical (unpaired) electrons. The molecule has 0 fully saturated rings. The third-order valence-corrected chi connectivity index (χ3v) is 2.25. The van der Waals surface area contributed by atoms with Crippen molar-refractivity contribution in [2.75, 3.05) is 0 Å². The Hall–Kier alpha value is -0.820. The van der Waals surface area contributed by atoms with E-state index in [1.54, 1.807) is 12.1 Å². The van der Waals surface area contributed by atoms with Gasteiger partial charge in [0, 0.05) is 10.6 Å². The normalized spacial score (nSPS) is 10.0. The van der Waals surface area contributed by atoms with E-state index in [0.717, 1.165) is 12.8 Å². The van der Waals surface area contributed by atoms with Crippen LogP contribution in [0.4, 0.5) is 4.39 Å². The minimum atomic E-state index is -0.212. The van der Waals surface area contributed by atoms with Crippen molar-refractivity contribution < 1.29 is 4.39 Å². The standard InChI is InChI=1S/C11H12ClF/c1-2-3-4-6-9-10(12)7-5-8-11(9)13/h2,5,7-8H,1,3-4,6H2. The van der Waals surface area contributed by atoms with E-state index in [1.807, 2.05) is 6.08 Å². The lowest BCUT2D eigenvalue weighted by atomic mass is 10.1. The number of rotatable bonds is 4. The second kappa shape index (κ2) is 5.03. The van der Waals surface area contributed by atoms with Gasteiger partial charge in [-0.2, -0.15) is 0 Å². The SMILES string of the molecule is C=CCCCc1c(F)cccc1Cl. The molecule has 1 aromatic rings. The first-order valence-electron chi connectivity index (χ1n) is 4.29. The van der Waals surface area contributed by atoms with Gasteiger partial charge in [-0.15, -0.1) is 6.58 Å². The van der Waals surface area contributed by atoms with Crippen molar-refractivity contribution in [3.63, 3.8) is 0 Å². The fourth-order valence-electron chi connectivity index (χ4n) is 1.19. The van der Waals surface area contributed by atoms with Gasteiger partial charge < -0.3 is 0 Å². The molecule has 0 N–H and O–H groups in total. The summed E-state index contributed by atoms with van der Waals surface area (Å²) in [6.07, 6.45) is 4.29. The summed E-state index contributed by atoms with van der Waals surface area (Å²) in [5, 5.41) is 0.518. The predicted molar refractivity (Wildman–Crippen MR) is 54.5 cm³/mol. The molecule has 0 bridgehead atoms. The molecule has 0 heterocycles. The van der Waals surface area contributed by atoms with E-state index < -0.39 is 0 Å². The average molecular weight is 199 g/mol. The summed E-state index contributed by atoms with van der Waals surface area (Å²) < 4.78 is 13.2. The van der Waals surface area contributed by atoms with Gasteiger partial charge in [0.2, 0.25) is 0 Å². The fourth-order valence-corrected chi connectivity index (χ4v) is 1.45. The topological polar surface area (TPSA) is 0 Å². The summed E-state index contributed by atoms with van der Waals surface area (Å²) in [6, 6.07) is 4.78. The van der Waals surface area contributed by atoms with Crippen molar-refractivity contribution >= 4 is 11.6 Å². The summed E-state index contributed by atoms with van der Waals surface area (Å²) in [7, 11) is 0. The fraction of sp³-hybridized carbons (Fsp3) is 0.273. The molecule has 0 atom stereocenters. The van der Waals surface area contributed by atoms with E-state index >= 15 is 0 Å². The van der Waals surface area contributed by atoms with Gasteiger partial charge in [0.25, 0.3) is 0 Å². The predicted octanol–water partition coefficient (Wildman–Crippen LogP) is 3.99. The van der Waals surface area contributed by atoms with Crippen molar-refractivity contribution in [1.82, 2.24) is 0 Å². The molecule has 0 aliphatic carbocycles. The highest BCUT2D eigenvalue weighted by atomic mass is 35.5. The van der Waals surface area contributed by atoms with Crippen LogP contribution in [0.3, 0.4) is 0 Å². The van der Waals surface area contributed by atoms with E-state index in [9.17, 15) is 4.39 Å². The molecule has 0 unspecified atom stereocenters. The summed E-state index contributed by atoms with van der Waals surface area (Å²) in [4.78, 5) is 0. The highest BCUT2D eigenvalue weighted by Gasteiger charge is 2.04. The zero-order valence-electron chi connectivity index (χ0n) is 7.39. The van der Waals surface area contributed by atoms with Gasteiger partial charge in [-0.3, -0.25) is 0 Å². The van der Waals surface area contributed by atoms with Crippen LogP contribution in [0, 0.1) is 5.82 Å². The van der Waals surface area contributed by atoms with Crippen molar-refractivity contribution in [3.8, 4) is 0 Å². The second-order valence-corrected chi connectivity index (χ2v) is 3.29. The Labute approximate surface area is 83.0 Å². The van der Waals surface area contributed by atoms with Gasteiger partial charge in [0.05, 0.1) is 0 Å². The lowest BCUT2D eigenvalue weighted by Gasteiger charge is -2.03. The molecule has 0 spiro atoms. The third kappa shape index (κ3) is 2.85. The molecule has 0 aromatic heterocycles. The molecule has 0 aliphatic heterocycles. The smallest absolute Gasteiger partial charge is 0.127 e. The lowest BCUT2D eigenvalue weighted by Crippen LogP contribution is -1.91.